The van der Waals surface area contributed by atoms with Crippen LogP contribution in [-0.4, -0.2) is 60.7 Å². The molecule has 4 heterocycles. The monoisotopic (exact) mass is 329 g/mol. The third-order valence-electron chi connectivity index (χ3n) is 6.49. The molecule has 0 radical (unpaired) electrons. The summed E-state index contributed by atoms with van der Waals surface area (Å²) in [6.45, 7) is 9.35. The average molecular weight is 329 g/mol. The largest absolute Gasteiger partial charge is 0.381 e. The highest BCUT2D eigenvalue weighted by Crippen LogP contribution is 2.41. The fourth-order valence-corrected chi connectivity index (χ4v) is 4.71. The van der Waals surface area contributed by atoms with E-state index in [4.69, 9.17) is 4.74 Å². The summed E-state index contributed by atoms with van der Waals surface area (Å²) in [5, 5.41) is 0. The molecule has 0 saturated carbocycles. The standard InChI is InChI=1S/C20H31N3O/c1-2-9-21-19(3-1)16-23-12-7-20(8-13-23)5-10-22(11-6-20)15-18-4-14-24-17-18/h1-3,9,18H,4-8,10-17H2/t18-/m1/s1. The molecule has 0 aliphatic carbocycles. The fraction of sp³-hybridized carbons (Fsp3) is 0.750. The molecule has 4 rings (SSSR count). The van der Waals surface area contributed by atoms with Crippen molar-refractivity contribution < 1.29 is 4.74 Å². The van der Waals surface area contributed by atoms with Crippen LogP contribution in [0.1, 0.15) is 37.8 Å². The van der Waals surface area contributed by atoms with Crippen LogP contribution in [0.15, 0.2) is 24.4 Å². The Labute approximate surface area is 146 Å². The number of hydrogen-bond donors (Lipinski definition) is 0. The second kappa shape index (κ2) is 7.51. The van der Waals surface area contributed by atoms with E-state index < -0.39 is 0 Å². The molecule has 0 aromatic carbocycles. The van der Waals surface area contributed by atoms with Gasteiger partial charge in [0.05, 0.1) is 12.3 Å². The van der Waals surface area contributed by atoms with Gasteiger partial charge in [0.25, 0.3) is 0 Å². The molecule has 0 amide bonds. The maximum atomic E-state index is 5.53. The zero-order valence-corrected chi connectivity index (χ0v) is 14.8. The van der Waals surface area contributed by atoms with Crippen molar-refractivity contribution in [2.45, 2.75) is 38.6 Å². The number of aromatic nitrogens is 1. The van der Waals surface area contributed by atoms with Crippen molar-refractivity contribution in [2.75, 3.05) is 45.9 Å². The van der Waals surface area contributed by atoms with Crippen LogP contribution in [0.4, 0.5) is 0 Å². The number of pyridine rings is 1. The zero-order valence-electron chi connectivity index (χ0n) is 14.8. The third kappa shape index (κ3) is 3.98. The summed E-state index contributed by atoms with van der Waals surface area (Å²) in [5.74, 6) is 0.791. The Kier molecular flexibility index (Phi) is 5.16. The van der Waals surface area contributed by atoms with Crippen molar-refractivity contribution in [3.8, 4) is 0 Å². The van der Waals surface area contributed by atoms with Crippen LogP contribution in [0, 0.1) is 11.3 Å². The molecular formula is C20H31N3O. The maximum absolute atomic E-state index is 5.53. The van der Waals surface area contributed by atoms with E-state index in [-0.39, 0.29) is 0 Å². The maximum Gasteiger partial charge on any atom is 0.0543 e. The molecule has 3 aliphatic heterocycles. The van der Waals surface area contributed by atoms with E-state index in [2.05, 4.69) is 26.9 Å². The number of piperidine rings is 2. The first kappa shape index (κ1) is 16.5. The molecule has 4 nitrogen and oxygen atoms in total. The molecule has 4 heteroatoms. The summed E-state index contributed by atoms with van der Waals surface area (Å²) >= 11 is 0. The minimum absolute atomic E-state index is 0.628. The first-order valence-electron chi connectivity index (χ1n) is 9.74. The van der Waals surface area contributed by atoms with Gasteiger partial charge in [0, 0.05) is 25.9 Å². The summed E-state index contributed by atoms with van der Waals surface area (Å²) < 4.78 is 5.53. The second-order valence-electron chi connectivity index (χ2n) is 8.13. The molecule has 24 heavy (non-hydrogen) atoms. The van der Waals surface area contributed by atoms with Crippen molar-refractivity contribution in [2.24, 2.45) is 11.3 Å². The van der Waals surface area contributed by atoms with Crippen molar-refractivity contribution in [1.29, 1.82) is 0 Å². The Hall–Kier alpha value is -0.970. The van der Waals surface area contributed by atoms with Gasteiger partial charge in [-0.05, 0) is 81.7 Å². The topological polar surface area (TPSA) is 28.6 Å². The van der Waals surface area contributed by atoms with Gasteiger partial charge in [-0.15, -0.1) is 0 Å². The molecule has 0 bridgehead atoms. The molecule has 1 aromatic rings. The highest BCUT2D eigenvalue weighted by molar-refractivity contribution is 5.04. The predicted molar refractivity (Wildman–Crippen MR) is 95.8 cm³/mol. The van der Waals surface area contributed by atoms with Crippen molar-refractivity contribution in [1.82, 2.24) is 14.8 Å². The molecule has 3 fully saturated rings. The van der Waals surface area contributed by atoms with Gasteiger partial charge in [0.1, 0.15) is 0 Å². The molecule has 0 unspecified atom stereocenters. The van der Waals surface area contributed by atoms with Crippen LogP contribution in [0.5, 0.6) is 0 Å². The number of hydrogen-bond acceptors (Lipinski definition) is 4. The van der Waals surface area contributed by atoms with Crippen LogP contribution >= 0.6 is 0 Å². The van der Waals surface area contributed by atoms with Crippen molar-refractivity contribution in [3.05, 3.63) is 30.1 Å². The van der Waals surface area contributed by atoms with E-state index in [0.717, 1.165) is 25.7 Å². The summed E-state index contributed by atoms with van der Waals surface area (Å²) in [4.78, 5) is 9.77. The van der Waals surface area contributed by atoms with Crippen LogP contribution in [0.25, 0.3) is 0 Å². The minimum atomic E-state index is 0.628. The Morgan fingerprint density at radius 3 is 2.42 bits per heavy atom. The van der Waals surface area contributed by atoms with E-state index in [1.54, 1.807) is 0 Å². The lowest BCUT2D eigenvalue weighted by atomic mass is 9.71. The Bertz CT molecular complexity index is 497. The summed E-state index contributed by atoms with van der Waals surface area (Å²) in [6.07, 6.45) is 8.73. The first-order chi connectivity index (χ1) is 11.8. The molecular weight excluding hydrogens is 298 g/mol. The van der Waals surface area contributed by atoms with Crippen LogP contribution in [0.3, 0.4) is 0 Å². The highest BCUT2D eigenvalue weighted by atomic mass is 16.5. The van der Waals surface area contributed by atoms with Crippen molar-refractivity contribution >= 4 is 0 Å². The Morgan fingerprint density at radius 2 is 1.79 bits per heavy atom. The van der Waals surface area contributed by atoms with Crippen LogP contribution in [0.2, 0.25) is 0 Å². The molecule has 1 aromatic heterocycles. The third-order valence-corrected chi connectivity index (χ3v) is 6.49. The number of rotatable bonds is 4. The van der Waals surface area contributed by atoms with E-state index >= 15 is 0 Å². The predicted octanol–water partition coefficient (Wildman–Crippen LogP) is 2.80. The van der Waals surface area contributed by atoms with E-state index in [9.17, 15) is 0 Å². The van der Waals surface area contributed by atoms with Gasteiger partial charge in [-0.1, -0.05) is 6.07 Å². The van der Waals surface area contributed by atoms with Crippen LogP contribution < -0.4 is 0 Å². The molecule has 1 atom stereocenters. The van der Waals surface area contributed by atoms with Gasteiger partial charge >= 0.3 is 0 Å². The lowest BCUT2D eigenvalue weighted by Crippen LogP contribution is -2.47. The quantitative estimate of drug-likeness (QED) is 0.849. The average Bonchev–Trinajstić information content (AvgIpc) is 3.13. The van der Waals surface area contributed by atoms with E-state index in [0.29, 0.717) is 5.41 Å². The first-order valence-corrected chi connectivity index (χ1v) is 9.74. The zero-order chi connectivity index (χ0) is 16.2. The van der Waals surface area contributed by atoms with E-state index in [1.165, 1.54) is 70.5 Å². The summed E-state index contributed by atoms with van der Waals surface area (Å²) in [6, 6.07) is 6.24. The summed E-state index contributed by atoms with van der Waals surface area (Å²) in [5.41, 5.74) is 1.84. The minimum Gasteiger partial charge on any atom is -0.381 e. The summed E-state index contributed by atoms with van der Waals surface area (Å²) in [7, 11) is 0. The number of likely N-dealkylation sites (tertiary alicyclic amines) is 2. The molecule has 132 valence electrons. The number of nitrogens with zero attached hydrogens (tertiary/aromatic N) is 3. The fourth-order valence-electron chi connectivity index (χ4n) is 4.71. The van der Waals surface area contributed by atoms with Crippen LogP contribution in [-0.2, 0) is 11.3 Å². The smallest absolute Gasteiger partial charge is 0.0543 e. The van der Waals surface area contributed by atoms with Crippen molar-refractivity contribution in [3.63, 3.8) is 0 Å². The van der Waals surface area contributed by atoms with Gasteiger partial charge in [-0.2, -0.15) is 0 Å². The Morgan fingerprint density at radius 1 is 1.04 bits per heavy atom. The van der Waals surface area contributed by atoms with E-state index in [1.807, 2.05) is 12.3 Å². The number of ether oxygens (including phenoxy) is 1. The molecule has 3 saturated heterocycles. The normalized spacial score (nSPS) is 28.4. The lowest BCUT2D eigenvalue weighted by molar-refractivity contribution is 0.0267. The highest BCUT2D eigenvalue weighted by Gasteiger charge is 2.37. The van der Waals surface area contributed by atoms with Gasteiger partial charge < -0.3 is 9.64 Å². The second-order valence-corrected chi connectivity index (χ2v) is 8.13. The SMILES string of the molecule is c1ccc(CN2CCC3(CC2)CCN(C[C@H]2CCOC2)CC3)nc1. The molecule has 0 N–H and O–H groups in total. The van der Waals surface area contributed by atoms with Gasteiger partial charge in [-0.25, -0.2) is 0 Å². The Balaban J connectivity index is 1.22. The van der Waals surface area contributed by atoms with Gasteiger partial charge in [-0.3, -0.25) is 9.88 Å². The molecule has 1 spiro atoms. The van der Waals surface area contributed by atoms with Gasteiger partial charge in [0.2, 0.25) is 0 Å². The molecule has 3 aliphatic rings. The lowest BCUT2D eigenvalue weighted by Gasteiger charge is -2.47. The van der Waals surface area contributed by atoms with Gasteiger partial charge in [0.15, 0.2) is 0 Å².